The van der Waals surface area contributed by atoms with Gasteiger partial charge in [0.25, 0.3) is 0 Å². The van der Waals surface area contributed by atoms with Gasteiger partial charge < -0.3 is 10.1 Å². The van der Waals surface area contributed by atoms with E-state index in [1.807, 2.05) is 24.3 Å². The second-order valence-corrected chi connectivity index (χ2v) is 7.13. The smallest absolute Gasteiger partial charge is 0.338 e. The van der Waals surface area contributed by atoms with Crippen molar-refractivity contribution in [3.05, 3.63) is 42.5 Å². The topological polar surface area (TPSA) is 38.3 Å². The van der Waals surface area contributed by atoms with Crippen LogP contribution in [0.4, 0.5) is 5.69 Å². The number of hydrogen-bond donors (Lipinski definition) is 1. The van der Waals surface area contributed by atoms with Gasteiger partial charge in [0.15, 0.2) is 0 Å². The van der Waals surface area contributed by atoms with Crippen LogP contribution in [0.2, 0.25) is 0 Å². The molecule has 26 heavy (non-hydrogen) atoms. The van der Waals surface area contributed by atoms with Crippen LogP contribution in [0.15, 0.2) is 36.9 Å². The van der Waals surface area contributed by atoms with E-state index in [2.05, 4.69) is 32.7 Å². The molecule has 0 saturated heterocycles. The predicted octanol–water partition coefficient (Wildman–Crippen LogP) is 6.75. The second kappa shape index (κ2) is 12.6. The molecule has 0 fully saturated rings. The lowest BCUT2D eigenvalue weighted by molar-refractivity contribution is -0.0354. The fraction of sp³-hybridized carbons (Fsp3) is 0.609. The quantitative estimate of drug-likeness (QED) is 0.295. The Morgan fingerprint density at radius 3 is 2.15 bits per heavy atom. The summed E-state index contributed by atoms with van der Waals surface area (Å²) in [6.45, 7) is 11.0. The van der Waals surface area contributed by atoms with Gasteiger partial charge in [-0.3, -0.25) is 0 Å². The van der Waals surface area contributed by atoms with E-state index >= 15 is 0 Å². The molecule has 1 aromatic carbocycles. The maximum Gasteiger partial charge on any atom is 0.338 e. The molecule has 0 aliphatic rings. The molecule has 0 radical (unpaired) electrons. The summed E-state index contributed by atoms with van der Waals surface area (Å²) in [5.74, 6) is -0.199. The average Bonchev–Trinajstić information content (AvgIpc) is 2.67. The number of nitrogens with one attached hydrogen (secondary N) is 1. The minimum absolute atomic E-state index is 0.199. The summed E-state index contributed by atoms with van der Waals surface area (Å²) in [5, 5.41) is 3.23. The van der Waals surface area contributed by atoms with Gasteiger partial charge in [-0.1, -0.05) is 52.2 Å². The number of carbonyl (C=O) groups is 1. The Morgan fingerprint density at radius 2 is 1.65 bits per heavy atom. The van der Waals surface area contributed by atoms with E-state index in [0.29, 0.717) is 12.1 Å². The van der Waals surface area contributed by atoms with Crippen LogP contribution in [0.3, 0.4) is 0 Å². The van der Waals surface area contributed by atoms with Gasteiger partial charge in [-0.05, 0) is 56.7 Å². The van der Waals surface area contributed by atoms with E-state index in [9.17, 15) is 4.79 Å². The molecule has 0 amide bonds. The van der Waals surface area contributed by atoms with E-state index in [-0.39, 0.29) is 11.6 Å². The highest BCUT2D eigenvalue weighted by atomic mass is 16.6. The highest BCUT2D eigenvalue weighted by Crippen LogP contribution is 2.33. The third-order valence-corrected chi connectivity index (χ3v) is 4.82. The minimum atomic E-state index is -0.316. The van der Waals surface area contributed by atoms with E-state index < -0.39 is 0 Å². The van der Waals surface area contributed by atoms with Crippen LogP contribution in [0, 0.1) is 0 Å². The standard InChI is InChI=1S/C23H37NO2/c1-5-9-15-23(16-10-6-2,17-11-7-3)26-22(25)20-13-12-14-21(19-20)24-18-8-4/h8,12-14,19,24H,4-7,9-11,15-18H2,1-3H3. The van der Waals surface area contributed by atoms with Crippen LogP contribution >= 0.6 is 0 Å². The van der Waals surface area contributed by atoms with E-state index in [1.165, 1.54) is 0 Å². The Balaban J connectivity index is 2.95. The molecule has 146 valence electrons. The zero-order valence-electron chi connectivity index (χ0n) is 17.0. The van der Waals surface area contributed by atoms with Crippen molar-refractivity contribution in [3.8, 4) is 0 Å². The number of esters is 1. The van der Waals surface area contributed by atoms with Crippen LogP contribution in [-0.4, -0.2) is 18.1 Å². The van der Waals surface area contributed by atoms with Gasteiger partial charge in [-0.25, -0.2) is 4.79 Å². The van der Waals surface area contributed by atoms with Crippen molar-refractivity contribution in [2.75, 3.05) is 11.9 Å². The van der Waals surface area contributed by atoms with Crippen molar-refractivity contribution in [2.24, 2.45) is 0 Å². The van der Waals surface area contributed by atoms with Gasteiger partial charge in [0.1, 0.15) is 5.60 Å². The van der Waals surface area contributed by atoms with Gasteiger partial charge in [0, 0.05) is 12.2 Å². The van der Waals surface area contributed by atoms with Crippen molar-refractivity contribution in [1.82, 2.24) is 0 Å². The Morgan fingerprint density at radius 1 is 1.08 bits per heavy atom. The number of carbonyl (C=O) groups excluding carboxylic acids is 1. The molecule has 0 bridgehead atoms. The van der Waals surface area contributed by atoms with Gasteiger partial charge in [0.05, 0.1) is 5.56 Å². The molecule has 0 atom stereocenters. The van der Waals surface area contributed by atoms with Crippen molar-refractivity contribution in [2.45, 2.75) is 84.2 Å². The third kappa shape index (κ3) is 7.63. The summed E-state index contributed by atoms with van der Waals surface area (Å²) in [4.78, 5) is 12.9. The van der Waals surface area contributed by atoms with Gasteiger partial charge in [0.2, 0.25) is 0 Å². The number of benzene rings is 1. The largest absolute Gasteiger partial charge is 0.455 e. The molecule has 0 aromatic heterocycles. The second-order valence-electron chi connectivity index (χ2n) is 7.13. The monoisotopic (exact) mass is 359 g/mol. The molecule has 3 heteroatoms. The first-order valence-corrected chi connectivity index (χ1v) is 10.3. The van der Waals surface area contributed by atoms with Gasteiger partial charge in [-0.15, -0.1) is 6.58 Å². The zero-order valence-corrected chi connectivity index (χ0v) is 17.0. The summed E-state index contributed by atoms with van der Waals surface area (Å²) in [5.41, 5.74) is 1.22. The molecule has 0 spiro atoms. The maximum atomic E-state index is 12.9. The highest BCUT2D eigenvalue weighted by molar-refractivity contribution is 5.90. The van der Waals surface area contributed by atoms with Gasteiger partial charge in [-0.2, -0.15) is 0 Å². The average molecular weight is 360 g/mol. The minimum Gasteiger partial charge on any atom is -0.455 e. The Kier molecular flexibility index (Phi) is 10.8. The van der Waals surface area contributed by atoms with Crippen molar-refractivity contribution < 1.29 is 9.53 Å². The summed E-state index contributed by atoms with van der Waals surface area (Å²) in [6.07, 6.45) is 11.4. The fourth-order valence-corrected chi connectivity index (χ4v) is 3.23. The Hall–Kier alpha value is -1.77. The summed E-state index contributed by atoms with van der Waals surface area (Å²) < 4.78 is 6.20. The molecular formula is C23H37NO2. The highest BCUT2D eigenvalue weighted by Gasteiger charge is 2.33. The maximum absolute atomic E-state index is 12.9. The number of ether oxygens (including phenoxy) is 1. The molecule has 0 saturated carbocycles. The predicted molar refractivity (Wildman–Crippen MR) is 112 cm³/mol. The zero-order chi connectivity index (χ0) is 19.3. The van der Waals surface area contributed by atoms with Crippen LogP contribution in [0.5, 0.6) is 0 Å². The molecule has 1 N–H and O–H groups in total. The Bertz CT molecular complexity index is 517. The van der Waals surface area contributed by atoms with Crippen LogP contribution < -0.4 is 5.32 Å². The normalized spacial score (nSPS) is 11.2. The number of rotatable bonds is 14. The summed E-state index contributed by atoms with van der Waals surface area (Å²) >= 11 is 0. The van der Waals surface area contributed by atoms with Crippen molar-refractivity contribution >= 4 is 11.7 Å². The molecule has 0 unspecified atom stereocenters. The molecule has 3 nitrogen and oxygen atoms in total. The molecule has 0 aliphatic carbocycles. The van der Waals surface area contributed by atoms with Crippen molar-refractivity contribution in [3.63, 3.8) is 0 Å². The molecule has 0 heterocycles. The van der Waals surface area contributed by atoms with E-state index in [4.69, 9.17) is 4.74 Å². The third-order valence-electron chi connectivity index (χ3n) is 4.82. The summed E-state index contributed by atoms with van der Waals surface area (Å²) in [6, 6.07) is 7.56. The molecule has 1 rings (SSSR count). The van der Waals surface area contributed by atoms with Crippen LogP contribution in [0.1, 0.15) is 88.9 Å². The van der Waals surface area contributed by atoms with Crippen LogP contribution in [0.25, 0.3) is 0 Å². The number of anilines is 1. The fourth-order valence-electron chi connectivity index (χ4n) is 3.23. The SMILES string of the molecule is C=CCNc1cccc(C(=O)OC(CCCC)(CCCC)CCCC)c1. The van der Waals surface area contributed by atoms with Crippen molar-refractivity contribution in [1.29, 1.82) is 0 Å². The lowest BCUT2D eigenvalue weighted by atomic mass is 9.85. The summed E-state index contributed by atoms with van der Waals surface area (Å²) in [7, 11) is 0. The Labute approximate surface area is 160 Å². The lowest BCUT2D eigenvalue weighted by Gasteiger charge is -2.34. The van der Waals surface area contributed by atoms with Crippen LogP contribution in [-0.2, 0) is 4.74 Å². The first-order chi connectivity index (χ1) is 12.6. The number of hydrogen-bond acceptors (Lipinski definition) is 3. The molecule has 1 aromatic rings. The number of unbranched alkanes of at least 4 members (excludes halogenated alkanes) is 3. The van der Waals surface area contributed by atoms with Gasteiger partial charge >= 0.3 is 5.97 Å². The molecule has 0 aliphatic heterocycles. The first kappa shape index (κ1) is 22.3. The first-order valence-electron chi connectivity index (χ1n) is 10.3. The van der Waals surface area contributed by atoms with E-state index in [0.717, 1.165) is 63.5 Å². The molecular weight excluding hydrogens is 322 g/mol. The lowest BCUT2D eigenvalue weighted by Crippen LogP contribution is -2.35. The van der Waals surface area contributed by atoms with E-state index in [1.54, 1.807) is 6.08 Å².